The Hall–Kier alpha value is -0.260. The fourth-order valence-electron chi connectivity index (χ4n) is 1.27. The number of nitrogens with zero attached hydrogens (tertiary/aromatic N) is 1. The van der Waals surface area contributed by atoms with Gasteiger partial charge in [0.05, 0.1) is 10.6 Å². The van der Waals surface area contributed by atoms with Gasteiger partial charge < -0.3 is 0 Å². The molecule has 0 bridgehead atoms. The maximum Gasteiger partial charge on any atom is 0.159 e. The second-order valence-corrected chi connectivity index (χ2v) is 5.69. The molecule has 5 heteroatoms. The van der Waals surface area contributed by atoms with Gasteiger partial charge in [-0.3, -0.25) is 0 Å². The first-order valence-corrected chi connectivity index (χ1v) is 6.91. The van der Waals surface area contributed by atoms with Gasteiger partial charge in [0.25, 0.3) is 0 Å². The molecule has 15 heavy (non-hydrogen) atoms. The SMILES string of the molecule is Fc1ccccc1-c1sc(Br)nc1CBr. The highest BCUT2D eigenvalue weighted by Gasteiger charge is 2.13. The first-order valence-electron chi connectivity index (χ1n) is 4.18. The van der Waals surface area contributed by atoms with Crippen molar-refractivity contribution in [1.82, 2.24) is 4.98 Å². The van der Waals surface area contributed by atoms with Crippen molar-refractivity contribution in [3.05, 3.63) is 39.7 Å². The molecule has 0 saturated carbocycles. The Morgan fingerprint density at radius 2 is 2.07 bits per heavy atom. The quantitative estimate of drug-likeness (QED) is 0.721. The second-order valence-electron chi connectivity index (χ2n) is 2.86. The van der Waals surface area contributed by atoms with Crippen molar-refractivity contribution in [2.24, 2.45) is 0 Å². The van der Waals surface area contributed by atoms with Crippen molar-refractivity contribution < 1.29 is 4.39 Å². The number of halogens is 3. The van der Waals surface area contributed by atoms with Gasteiger partial charge in [-0.25, -0.2) is 9.37 Å². The molecule has 0 atom stereocenters. The Morgan fingerprint density at radius 3 is 2.73 bits per heavy atom. The third-order valence-corrected chi connectivity index (χ3v) is 4.03. The van der Waals surface area contributed by atoms with Crippen LogP contribution in [0.25, 0.3) is 10.4 Å². The number of thiazole rings is 1. The van der Waals surface area contributed by atoms with E-state index in [-0.39, 0.29) is 5.82 Å². The summed E-state index contributed by atoms with van der Waals surface area (Å²) in [5.41, 5.74) is 1.46. The van der Waals surface area contributed by atoms with Crippen LogP contribution in [-0.4, -0.2) is 4.98 Å². The smallest absolute Gasteiger partial charge is 0.159 e. The molecular weight excluding hydrogens is 345 g/mol. The Morgan fingerprint density at radius 1 is 1.33 bits per heavy atom. The Bertz CT molecular complexity index is 484. The maximum absolute atomic E-state index is 13.5. The largest absolute Gasteiger partial charge is 0.233 e. The van der Waals surface area contributed by atoms with Crippen molar-refractivity contribution in [2.75, 3.05) is 0 Å². The minimum atomic E-state index is -0.212. The van der Waals surface area contributed by atoms with E-state index in [2.05, 4.69) is 36.8 Å². The molecule has 0 N–H and O–H groups in total. The molecule has 1 heterocycles. The van der Waals surface area contributed by atoms with Crippen LogP contribution >= 0.6 is 43.2 Å². The van der Waals surface area contributed by atoms with E-state index in [4.69, 9.17) is 0 Å². The minimum Gasteiger partial charge on any atom is -0.233 e. The van der Waals surface area contributed by atoms with Gasteiger partial charge >= 0.3 is 0 Å². The summed E-state index contributed by atoms with van der Waals surface area (Å²) in [6.07, 6.45) is 0. The molecule has 0 radical (unpaired) electrons. The summed E-state index contributed by atoms with van der Waals surface area (Å²) in [4.78, 5) is 5.14. The lowest BCUT2D eigenvalue weighted by Crippen LogP contribution is -1.85. The normalized spacial score (nSPS) is 10.6. The van der Waals surface area contributed by atoms with E-state index in [1.165, 1.54) is 17.4 Å². The predicted octanol–water partition coefficient (Wildman–Crippen LogP) is 4.61. The average Bonchev–Trinajstić information content (AvgIpc) is 2.60. The van der Waals surface area contributed by atoms with Crippen LogP contribution in [0.5, 0.6) is 0 Å². The molecule has 0 aliphatic carbocycles. The second kappa shape index (κ2) is 4.72. The van der Waals surface area contributed by atoms with Crippen LogP contribution < -0.4 is 0 Å². The average molecular weight is 351 g/mol. The highest BCUT2D eigenvalue weighted by atomic mass is 79.9. The third kappa shape index (κ3) is 2.29. The van der Waals surface area contributed by atoms with Crippen LogP contribution in [0, 0.1) is 5.82 Å². The van der Waals surface area contributed by atoms with Crippen molar-refractivity contribution in [2.45, 2.75) is 5.33 Å². The Kier molecular flexibility index (Phi) is 3.53. The zero-order chi connectivity index (χ0) is 10.8. The van der Waals surface area contributed by atoms with Crippen LogP contribution in [0.1, 0.15) is 5.69 Å². The molecule has 0 unspecified atom stereocenters. The van der Waals surface area contributed by atoms with Gasteiger partial charge in [-0.1, -0.05) is 34.1 Å². The van der Waals surface area contributed by atoms with Gasteiger partial charge in [0.15, 0.2) is 3.92 Å². The van der Waals surface area contributed by atoms with Gasteiger partial charge in [0.2, 0.25) is 0 Å². The first-order chi connectivity index (χ1) is 7.22. The summed E-state index contributed by atoms with van der Waals surface area (Å²) < 4.78 is 14.3. The number of hydrogen-bond acceptors (Lipinski definition) is 2. The number of hydrogen-bond donors (Lipinski definition) is 0. The number of benzene rings is 1. The van der Waals surface area contributed by atoms with Gasteiger partial charge in [-0.2, -0.15) is 0 Å². The van der Waals surface area contributed by atoms with E-state index < -0.39 is 0 Å². The number of rotatable bonds is 2. The predicted molar refractivity (Wildman–Crippen MR) is 67.8 cm³/mol. The molecule has 0 fully saturated rings. The molecule has 1 nitrogen and oxygen atoms in total. The minimum absolute atomic E-state index is 0.212. The topological polar surface area (TPSA) is 12.9 Å². The van der Waals surface area contributed by atoms with Gasteiger partial charge in [0.1, 0.15) is 5.82 Å². The first kappa shape index (κ1) is 11.2. The van der Waals surface area contributed by atoms with Gasteiger partial charge in [-0.05, 0) is 22.0 Å². The molecule has 0 aliphatic heterocycles. The summed E-state index contributed by atoms with van der Waals surface area (Å²) in [5, 5.41) is 0.624. The summed E-state index contributed by atoms with van der Waals surface area (Å²) in [6.45, 7) is 0. The van der Waals surface area contributed by atoms with Crippen LogP contribution in [0.15, 0.2) is 28.2 Å². The highest BCUT2D eigenvalue weighted by Crippen LogP contribution is 2.35. The molecule has 2 aromatic rings. The van der Waals surface area contributed by atoms with Crippen molar-refractivity contribution in [3.63, 3.8) is 0 Å². The van der Waals surface area contributed by atoms with Crippen molar-refractivity contribution in [1.29, 1.82) is 0 Å². The number of aromatic nitrogens is 1. The van der Waals surface area contributed by atoms with Crippen LogP contribution in [0.4, 0.5) is 4.39 Å². The zero-order valence-electron chi connectivity index (χ0n) is 7.51. The summed E-state index contributed by atoms with van der Waals surface area (Å²) in [6, 6.07) is 6.73. The lowest BCUT2D eigenvalue weighted by atomic mass is 10.1. The van der Waals surface area contributed by atoms with E-state index in [1.54, 1.807) is 12.1 Å². The summed E-state index contributed by atoms with van der Waals surface area (Å²) in [7, 11) is 0. The summed E-state index contributed by atoms with van der Waals surface area (Å²) >= 11 is 8.10. The molecule has 0 amide bonds. The molecule has 0 aliphatic rings. The molecule has 0 saturated heterocycles. The lowest BCUT2D eigenvalue weighted by molar-refractivity contribution is 0.631. The van der Waals surface area contributed by atoms with Crippen LogP contribution in [0.2, 0.25) is 0 Å². The lowest BCUT2D eigenvalue weighted by Gasteiger charge is -2.00. The Labute approximate surface area is 108 Å². The van der Waals surface area contributed by atoms with Crippen LogP contribution in [0.3, 0.4) is 0 Å². The van der Waals surface area contributed by atoms with E-state index in [0.29, 0.717) is 10.9 Å². The van der Waals surface area contributed by atoms with Crippen molar-refractivity contribution >= 4 is 43.2 Å². The Balaban J connectivity index is 2.58. The standard InChI is InChI=1S/C10H6Br2FNS/c11-5-8-9(15-10(12)14-8)6-3-1-2-4-7(6)13/h1-4H,5H2. The fourth-order valence-corrected chi connectivity index (χ4v) is 3.40. The van der Waals surface area contributed by atoms with E-state index in [9.17, 15) is 4.39 Å². The highest BCUT2D eigenvalue weighted by molar-refractivity contribution is 9.11. The fraction of sp³-hybridized carbons (Fsp3) is 0.100. The van der Waals surface area contributed by atoms with E-state index >= 15 is 0 Å². The third-order valence-electron chi connectivity index (χ3n) is 1.92. The van der Waals surface area contributed by atoms with Gasteiger partial charge in [-0.15, -0.1) is 11.3 Å². The molecule has 78 valence electrons. The zero-order valence-corrected chi connectivity index (χ0v) is 11.5. The summed E-state index contributed by atoms with van der Waals surface area (Å²) in [5.74, 6) is -0.212. The van der Waals surface area contributed by atoms with Crippen molar-refractivity contribution in [3.8, 4) is 10.4 Å². The van der Waals surface area contributed by atoms with Crippen LogP contribution in [-0.2, 0) is 5.33 Å². The number of alkyl halides is 1. The molecular formula is C10H6Br2FNS. The van der Waals surface area contributed by atoms with E-state index in [0.717, 1.165) is 14.5 Å². The molecule has 2 rings (SSSR count). The molecule has 0 spiro atoms. The van der Waals surface area contributed by atoms with E-state index in [1.807, 2.05) is 6.07 Å². The maximum atomic E-state index is 13.5. The molecule has 1 aromatic heterocycles. The molecule has 1 aromatic carbocycles. The van der Waals surface area contributed by atoms with Gasteiger partial charge in [0, 0.05) is 10.9 Å². The monoisotopic (exact) mass is 349 g/mol.